The van der Waals surface area contributed by atoms with Crippen molar-refractivity contribution >= 4 is 16.7 Å². The van der Waals surface area contributed by atoms with Gasteiger partial charge in [-0.3, -0.25) is 0 Å². The van der Waals surface area contributed by atoms with E-state index in [9.17, 15) is 4.39 Å². The SMILES string of the molecule is COc1ccc(CNc2c(F)ccc3occc23)cc1. The molecule has 0 aliphatic carbocycles. The lowest BCUT2D eigenvalue weighted by Gasteiger charge is -2.09. The van der Waals surface area contributed by atoms with Gasteiger partial charge < -0.3 is 14.5 Å². The van der Waals surface area contributed by atoms with Crippen LogP contribution in [0.3, 0.4) is 0 Å². The second-order valence-electron chi connectivity index (χ2n) is 4.46. The van der Waals surface area contributed by atoms with Gasteiger partial charge in [-0.2, -0.15) is 0 Å². The molecule has 1 aromatic heterocycles. The zero-order chi connectivity index (χ0) is 13.9. The molecule has 0 saturated carbocycles. The maximum atomic E-state index is 13.9. The van der Waals surface area contributed by atoms with Crippen LogP contribution < -0.4 is 10.1 Å². The fraction of sp³-hybridized carbons (Fsp3) is 0.125. The molecule has 20 heavy (non-hydrogen) atoms. The highest BCUT2D eigenvalue weighted by molar-refractivity contribution is 5.90. The third-order valence-corrected chi connectivity index (χ3v) is 3.21. The van der Waals surface area contributed by atoms with Gasteiger partial charge in [0, 0.05) is 11.9 Å². The smallest absolute Gasteiger partial charge is 0.147 e. The molecule has 1 N–H and O–H groups in total. The van der Waals surface area contributed by atoms with Crippen molar-refractivity contribution in [1.82, 2.24) is 0 Å². The summed E-state index contributed by atoms with van der Waals surface area (Å²) >= 11 is 0. The van der Waals surface area contributed by atoms with E-state index in [0.29, 0.717) is 17.8 Å². The van der Waals surface area contributed by atoms with Crippen LogP contribution in [-0.2, 0) is 6.54 Å². The van der Waals surface area contributed by atoms with Gasteiger partial charge in [-0.1, -0.05) is 12.1 Å². The maximum absolute atomic E-state index is 13.9. The first kappa shape index (κ1) is 12.5. The standard InChI is InChI=1S/C16H14FNO2/c1-19-12-4-2-11(3-5-12)10-18-16-13-8-9-20-15(13)7-6-14(16)17/h2-9,18H,10H2,1H3. The van der Waals surface area contributed by atoms with Gasteiger partial charge in [0.25, 0.3) is 0 Å². The van der Waals surface area contributed by atoms with E-state index >= 15 is 0 Å². The summed E-state index contributed by atoms with van der Waals surface area (Å²) in [4.78, 5) is 0. The van der Waals surface area contributed by atoms with Gasteiger partial charge >= 0.3 is 0 Å². The van der Waals surface area contributed by atoms with Gasteiger partial charge in [0.1, 0.15) is 17.1 Å². The summed E-state index contributed by atoms with van der Waals surface area (Å²) in [5, 5.41) is 3.87. The van der Waals surface area contributed by atoms with Crippen molar-refractivity contribution in [3.63, 3.8) is 0 Å². The summed E-state index contributed by atoms with van der Waals surface area (Å²) in [6, 6.07) is 12.4. The molecule has 0 aliphatic rings. The Morgan fingerprint density at radius 3 is 2.65 bits per heavy atom. The number of anilines is 1. The number of hydrogen-bond acceptors (Lipinski definition) is 3. The van der Waals surface area contributed by atoms with Crippen LogP contribution in [0.25, 0.3) is 11.0 Å². The molecule has 3 nitrogen and oxygen atoms in total. The van der Waals surface area contributed by atoms with Gasteiger partial charge in [-0.25, -0.2) is 4.39 Å². The topological polar surface area (TPSA) is 34.4 Å². The normalized spacial score (nSPS) is 10.7. The molecule has 0 radical (unpaired) electrons. The molecule has 4 heteroatoms. The van der Waals surface area contributed by atoms with E-state index < -0.39 is 0 Å². The minimum atomic E-state index is -0.285. The van der Waals surface area contributed by atoms with E-state index in [1.807, 2.05) is 24.3 Å². The Bertz CT molecular complexity index is 719. The number of hydrogen-bond donors (Lipinski definition) is 1. The maximum Gasteiger partial charge on any atom is 0.147 e. The zero-order valence-corrected chi connectivity index (χ0v) is 11.0. The lowest BCUT2D eigenvalue weighted by molar-refractivity contribution is 0.414. The van der Waals surface area contributed by atoms with Crippen LogP contribution >= 0.6 is 0 Å². The minimum Gasteiger partial charge on any atom is -0.497 e. The highest BCUT2D eigenvalue weighted by Gasteiger charge is 2.09. The van der Waals surface area contributed by atoms with Crippen LogP contribution in [0.1, 0.15) is 5.56 Å². The Balaban J connectivity index is 1.82. The van der Waals surface area contributed by atoms with Crippen LogP contribution in [-0.4, -0.2) is 7.11 Å². The molecule has 0 amide bonds. The summed E-state index contributed by atoms with van der Waals surface area (Å²) in [6.07, 6.45) is 1.56. The average Bonchev–Trinajstić information content (AvgIpc) is 2.95. The van der Waals surface area contributed by atoms with Crippen molar-refractivity contribution < 1.29 is 13.5 Å². The molecule has 0 fully saturated rings. The Kier molecular flexibility index (Phi) is 3.29. The predicted molar refractivity (Wildman–Crippen MR) is 76.5 cm³/mol. The van der Waals surface area contributed by atoms with E-state index in [4.69, 9.17) is 9.15 Å². The highest BCUT2D eigenvalue weighted by Crippen LogP contribution is 2.28. The fourth-order valence-corrected chi connectivity index (χ4v) is 2.13. The second kappa shape index (κ2) is 5.25. The van der Waals surface area contributed by atoms with Crippen molar-refractivity contribution in [2.45, 2.75) is 6.54 Å². The van der Waals surface area contributed by atoms with Crippen molar-refractivity contribution in [2.75, 3.05) is 12.4 Å². The molecule has 102 valence electrons. The number of ether oxygens (including phenoxy) is 1. The Labute approximate surface area is 116 Å². The molecular weight excluding hydrogens is 257 g/mol. The molecule has 0 atom stereocenters. The monoisotopic (exact) mass is 271 g/mol. The van der Waals surface area contributed by atoms with Crippen LogP contribution in [0.2, 0.25) is 0 Å². The molecule has 0 unspecified atom stereocenters. The van der Waals surface area contributed by atoms with Crippen molar-refractivity contribution in [1.29, 1.82) is 0 Å². The molecule has 0 bridgehead atoms. The van der Waals surface area contributed by atoms with Gasteiger partial charge in [0.15, 0.2) is 0 Å². The summed E-state index contributed by atoms with van der Waals surface area (Å²) < 4.78 is 24.3. The molecule has 1 heterocycles. The van der Waals surface area contributed by atoms with E-state index in [1.54, 1.807) is 25.5 Å². The van der Waals surface area contributed by atoms with E-state index in [2.05, 4.69) is 5.32 Å². The summed E-state index contributed by atoms with van der Waals surface area (Å²) in [6.45, 7) is 0.533. The molecule has 0 spiro atoms. The van der Waals surface area contributed by atoms with Crippen molar-refractivity contribution in [3.05, 3.63) is 60.1 Å². The van der Waals surface area contributed by atoms with Crippen LogP contribution in [0.4, 0.5) is 10.1 Å². The summed E-state index contributed by atoms with van der Waals surface area (Å²) in [7, 11) is 1.63. The van der Waals surface area contributed by atoms with Gasteiger partial charge in [0.2, 0.25) is 0 Å². The molecule has 0 aliphatic heterocycles. The lowest BCUT2D eigenvalue weighted by atomic mass is 10.2. The van der Waals surface area contributed by atoms with Crippen molar-refractivity contribution in [2.24, 2.45) is 0 Å². The predicted octanol–water partition coefficient (Wildman–Crippen LogP) is 4.19. The Morgan fingerprint density at radius 1 is 1.10 bits per heavy atom. The number of furan rings is 1. The van der Waals surface area contributed by atoms with Crippen molar-refractivity contribution in [3.8, 4) is 5.75 Å². The number of methoxy groups -OCH3 is 1. The first-order valence-corrected chi connectivity index (χ1v) is 6.30. The second-order valence-corrected chi connectivity index (χ2v) is 4.46. The van der Waals surface area contributed by atoms with Gasteiger partial charge in [-0.05, 0) is 35.9 Å². The molecule has 3 aromatic rings. The highest BCUT2D eigenvalue weighted by atomic mass is 19.1. The van der Waals surface area contributed by atoms with E-state index in [1.165, 1.54) is 6.07 Å². The molecular formula is C16H14FNO2. The minimum absolute atomic E-state index is 0.285. The number of rotatable bonds is 4. The Hall–Kier alpha value is -2.49. The zero-order valence-electron chi connectivity index (χ0n) is 11.0. The molecule has 0 saturated heterocycles. The van der Waals surface area contributed by atoms with E-state index in [-0.39, 0.29) is 5.82 Å². The van der Waals surface area contributed by atoms with Gasteiger partial charge in [-0.15, -0.1) is 0 Å². The molecule has 2 aromatic carbocycles. The summed E-state index contributed by atoms with van der Waals surface area (Å²) in [5.74, 6) is 0.518. The molecule has 3 rings (SSSR count). The Morgan fingerprint density at radius 2 is 1.90 bits per heavy atom. The average molecular weight is 271 g/mol. The van der Waals surface area contributed by atoms with E-state index in [0.717, 1.165) is 16.7 Å². The summed E-state index contributed by atoms with van der Waals surface area (Å²) in [5.41, 5.74) is 2.18. The van der Waals surface area contributed by atoms with Gasteiger partial charge in [0.05, 0.1) is 19.1 Å². The number of halogens is 1. The van der Waals surface area contributed by atoms with Crippen LogP contribution in [0.15, 0.2) is 53.1 Å². The first-order valence-electron chi connectivity index (χ1n) is 6.30. The number of nitrogens with one attached hydrogen (secondary N) is 1. The number of fused-ring (bicyclic) bond motifs is 1. The number of benzene rings is 2. The van der Waals surface area contributed by atoms with Crippen LogP contribution in [0, 0.1) is 5.82 Å². The fourth-order valence-electron chi connectivity index (χ4n) is 2.13. The first-order chi connectivity index (χ1) is 9.78. The lowest BCUT2D eigenvalue weighted by Crippen LogP contribution is -2.01. The third-order valence-electron chi connectivity index (χ3n) is 3.21. The largest absolute Gasteiger partial charge is 0.497 e. The quantitative estimate of drug-likeness (QED) is 0.772. The third kappa shape index (κ3) is 2.32. The van der Waals surface area contributed by atoms with Crippen LogP contribution in [0.5, 0.6) is 5.75 Å².